The summed E-state index contributed by atoms with van der Waals surface area (Å²) in [6.07, 6.45) is 0. The van der Waals surface area contributed by atoms with Gasteiger partial charge >= 0.3 is 0 Å². The van der Waals surface area contributed by atoms with Crippen molar-refractivity contribution in [2.75, 3.05) is 0 Å². The largest absolute Gasteiger partial charge is 0.144 e. The quantitative estimate of drug-likeness (QED) is 0.518. The highest BCUT2D eigenvalue weighted by Gasteiger charge is 2.22. The fourth-order valence-electron chi connectivity index (χ4n) is 3.12. The lowest BCUT2D eigenvalue weighted by Gasteiger charge is -2.16. The summed E-state index contributed by atoms with van der Waals surface area (Å²) in [5, 5.41) is 2.16. The van der Waals surface area contributed by atoms with Crippen molar-refractivity contribution in [3.05, 3.63) is 76.7 Å². The van der Waals surface area contributed by atoms with Crippen molar-refractivity contribution in [1.82, 2.24) is 0 Å². The van der Waals surface area contributed by atoms with E-state index in [9.17, 15) is 0 Å². The average Bonchev–Trinajstić information content (AvgIpc) is 3.02. The van der Waals surface area contributed by atoms with E-state index < -0.39 is 0 Å². The number of thioether (sulfide) groups is 1. The van der Waals surface area contributed by atoms with Gasteiger partial charge in [0.2, 0.25) is 0 Å². The van der Waals surface area contributed by atoms with Crippen LogP contribution in [-0.4, -0.2) is 0 Å². The second-order valence-corrected chi connectivity index (χ2v) is 7.36. The molecule has 1 aliphatic heterocycles. The predicted octanol–water partition coefficient (Wildman–Crippen LogP) is 6.17. The van der Waals surface area contributed by atoms with Gasteiger partial charge in [-0.2, -0.15) is 0 Å². The van der Waals surface area contributed by atoms with Crippen LogP contribution < -0.4 is 0 Å². The maximum absolute atomic E-state index is 2.34. The van der Waals surface area contributed by atoms with E-state index in [1.165, 1.54) is 32.0 Å². The number of hydrogen-bond acceptors (Lipinski definition) is 2. The molecule has 2 heterocycles. The minimum atomic E-state index is 0.464. The van der Waals surface area contributed by atoms with Crippen molar-refractivity contribution < 1.29 is 0 Å². The van der Waals surface area contributed by atoms with Crippen LogP contribution in [0.1, 0.15) is 29.5 Å². The van der Waals surface area contributed by atoms with Crippen molar-refractivity contribution >= 4 is 23.1 Å². The van der Waals surface area contributed by atoms with E-state index in [1.54, 1.807) is 0 Å². The Kier molecular flexibility index (Phi) is 3.36. The second kappa shape index (κ2) is 5.36. The topological polar surface area (TPSA) is 0 Å². The molecule has 0 N–H and O–H groups in total. The molecule has 2 aromatic carbocycles. The van der Waals surface area contributed by atoms with E-state index in [0.29, 0.717) is 5.92 Å². The molecule has 21 heavy (non-hydrogen) atoms. The Balaban J connectivity index is 1.91. The predicted molar refractivity (Wildman–Crippen MR) is 93.3 cm³/mol. The molecule has 1 atom stereocenters. The van der Waals surface area contributed by atoms with Crippen LogP contribution >= 0.6 is 23.1 Å². The minimum Gasteiger partial charge on any atom is -0.144 e. The van der Waals surface area contributed by atoms with E-state index in [0.717, 1.165) is 5.75 Å². The molecule has 3 aromatic rings. The smallest absolute Gasteiger partial charge is 0.0345 e. The summed E-state index contributed by atoms with van der Waals surface area (Å²) in [5.41, 5.74) is 5.87. The first-order chi connectivity index (χ1) is 10.3. The number of hydrogen-bond donors (Lipinski definition) is 0. The zero-order chi connectivity index (χ0) is 14.2. The summed E-state index contributed by atoms with van der Waals surface area (Å²) in [6, 6.07) is 20.0. The van der Waals surface area contributed by atoms with Gasteiger partial charge in [-0.15, -0.1) is 23.1 Å². The number of fused-ring (bicyclic) bond motifs is 2. The van der Waals surface area contributed by atoms with Gasteiger partial charge in [0.1, 0.15) is 0 Å². The Bertz CT molecular complexity index is 772. The molecule has 0 nitrogen and oxygen atoms in total. The van der Waals surface area contributed by atoms with Gasteiger partial charge in [0.05, 0.1) is 0 Å². The van der Waals surface area contributed by atoms with Crippen molar-refractivity contribution in [2.24, 2.45) is 0 Å². The van der Waals surface area contributed by atoms with Gasteiger partial charge in [-0.25, -0.2) is 0 Å². The van der Waals surface area contributed by atoms with Crippen molar-refractivity contribution in [3.63, 3.8) is 0 Å². The zero-order valence-corrected chi connectivity index (χ0v) is 13.5. The van der Waals surface area contributed by atoms with Gasteiger partial charge in [-0.1, -0.05) is 49.4 Å². The second-order valence-electron chi connectivity index (χ2n) is 5.40. The minimum absolute atomic E-state index is 0.464. The molecule has 0 amide bonds. The molecule has 104 valence electrons. The van der Waals surface area contributed by atoms with Crippen LogP contribution in [0.25, 0.3) is 10.4 Å². The molecule has 0 aliphatic carbocycles. The first-order valence-corrected chi connectivity index (χ1v) is 9.08. The standard InChI is InChI=1S/C19H16S2/c1-13-14-7-4-8-16(19-10-5-11-20-19)17(14)12-21-18-9-3-2-6-15(13)18/h2-11,13H,12H2,1H3. The van der Waals surface area contributed by atoms with Crippen LogP contribution in [0.2, 0.25) is 0 Å². The van der Waals surface area contributed by atoms with Crippen LogP contribution in [0.3, 0.4) is 0 Å². The van der Waals surface area contributed by atoms with Gasteiger partial charge in [0, 0.05) is 21.4 Å². The van der Waals surface area contributed by atoms with Crippen molar-refractivity contribution in [1.29, 1.82) is 0 Å². The van der Waals surface area contributed by atoms with E-state index in [2.05, 4.69) is 66.9 Å². The number of benzene rings is 2. The van der Waals surface area contributed by atoms with Crippen molar-refractivity contribution in [2.45, 2.75) is 23.5 Å². The van der Waals surface area contributed by atoms with Crippen LogP contribution in [0.15, 0.2) is 64.9 Å². The Morgan fingerprint density at radius 1 is 0.905 bits per heavy atom. The van der Waals surface area contributed by atoms with Gasteiger partial charge in [-0.3, -0.25) is 0 Å². The normalized spacial score (nSPS) is 16.9. The summed E-state index contributed by atoms with van der Waals surface area (Å²) in [4.78, 5) is 2.81. The molecule has 0 fully saturated rings. The van der Waals surface area contributed by atoms with E-state index in [1.807, 2.05) is 23.1 Å². The summed E-state index contributed by atoms with van der Waals surface area (Å²) in [7, 11) is 0. The Labute approximate surface area is 133 Å². The molecule has 2 heteroatoms. The molecule has 1 unspecified atom stereocenters. The molecule has 1 aromatic heterocycles. The highest BCUT2D eigenvalue weighted by Crippen LogP contribution is 2.43. The molecular formula is C19H16S2. The lowest BCUT2D eigenvalue weighted by atomic mass is 9.88. The van der Waals surface area contributed by atoms with Gasteiger partial charge < -0.3 is 0 Å². The number of rotatable bonds is 1. The van der Waals surface area contributed by atoms with Crippen LogP contribution in [0.4, 0.5) is 0 Å². The van der Waals surface area contributed by atoms with Gasteiger partial charge in [0.15, 0.2) is 0 Å². The Morgan fingerprint density at radius 3 is 2.62 bits per heavy atom. The molecule has 0 bridgehead atoms. The van der Waals surface area contributed by atoms with Crippen LogP contribution in [-0.2, 0) is 5.75 Å². The van der Waals surface area contributed by atoms with Crippen LogP contribution in [0, 0.1) is 0 Å². The fourth-order valence-corrected chi connectivity index (χ4v) is 5.11. The van der Waals surface area contributed by atoms with E-state index in [4.69, 9.17) is 0 Å². The molecular weight excluding hydrogens is 292 g/mol. The maximum Gasteiger partial charge on any atom is 0.0345 e. The third-order valence-electron chi connectivity index (χ3n) is 4.22. The van der Waals surface area contributed by atoms with Gasteiger partial charge in [0.25, 0.3) is 0 Å². The first kappa shape index (κ1) is 13.2. The molecule has 0 saturated heterocycles. The third kappa shape index (κ3) is 2.23. The Hall–Kier alpha value is -1.51. The Morgan fingerprint density at radius 2 is 1.76 bits per heavy atom. The zero-order valence-electron chi connectivity index (χ0n) is 11.9. The maximum atomic E-state index is 2.34. The third-order valence-corrected chi connectivity index (χ3v) is 6.24. The highest BCUT2D eigenvalue weighted by molar-refractivity contribution is 7.98. The first-order valence-electron chi connectivity index (χ1n) is 7.22. The van der Waals surface area contributed by atoms with E-state index in [-0.39, 0.29) is 0 Å². The average molecular weight is 308 g/mol. The lowest BCUT2D eigenvalue weighted by Crippen LogP contribution is -2.00. The SMILES string of the molecule is CC1c2ccccc2SCc2c(-c3cccs3)cccc21. The number of thiophene rings is 1. The highest BCUT2D eigenvalue weighted by atomic mass is 32.2. The molecule has 0 spiro atoms. The fraction of sp³-hybridized carbons (Fsp3) is 0.158. The molecule has 1 aliphatic rings. The summed E-state index contributed by atoms with van der Waals surface area (Å²) in [6.45, 7) is 2.34. The summed E-state index contributed by atoms with van der Waals surface area (Å²) < 4.78 is 0. The molecule has 4 rings (SSSR count). The van der Waals surface area contributed by atoms with Gasteiger partial charge in [-0.05, 0) is 39.8 Å². The van der Waals surface area contributed by atoms with E-state index >= 15 is 0 Å². The lowest BCUT2D eigenvalue weighted by molar-refractivity contribution is 0.891. The summed E-state index contributed by atoms with van der Waals surface area (Å²) in [5.74, 6) is 1.52. The molecule has 0 radical (unpaired) electrons. The van der Waals surface area contributed by atoms with Crippen molar-refractivity contribution in [3.8, 4) is 10.4 Å². The monoisotopic (exact) mass is 308 g/mol. The van der Waals surface area contributed by atoms with Crippen LogP contribution in [0.5, 0.6) is 0 Å². The molecule has 0 saturated carbocycles. The summed E-state index contributed by atoms with van der Waals surface area (Å²) >= 11 is 3.80.